The quantitative estimate of drug-likeness (QED) is 0.333. The van der Waals surface area contributed by atoms with E-state index in [1.54, 1.807) is 10.7 Å². The number of rotatable bonds is 4. The van der Waals surface area contributed by atoms with Crippen molar-refractivity contribution in [3.8, 4) is 17.1 Å². The lowest BCUT2D eigenvalue weighted by Gasteiger charge is -2.10. The van der Waals surface area contributed by atoms with Crippen molar-refractivity contribution in [2.45, 2.75) is 13.8 Å². The molecule has 0 aliphatic rings. The Bertz CT molecular complexity index is 1510. The van der Waals surface area contributed by atoms with Gasteiger partial charge in [0.25, 0.3) is 5.91 Å². The third kappa shape index (κ3) is 4.23. The number of carbonyl (C=O) groups is 1. The molecule has 0 fully saturated rings. The summed E-state index contributed by atoms with van der Waals surface area (Å²) in [4.78, 5) is 17.7. The summed E-state index contributed by atoms with van der Waals surface area (Å²) in [5.41, 5.74) is 4.50. The number of carbonyl (C=O) groups excluding carboxylic acids is 1. The van der Waals surface area contributed by atoms with E-state index in [0.717, 1.165) is 33.2 Å². The molecule has 0 bridgehead atoms. The van der Waals surface area contributed by atoms with Crippen molar-refractivity contribution in [1.29, 1.82) is 0 Å². The highest BCUT2D eigenvalue weighted by atomic mass is 35.5. The van der Waals surface area contributed by atoms with Gasteiger partial charge in [-0.2, -0.15) is 0 Å². The molecule has 1 aromatic heterocycles. The van der Waals surface area contributed by atoms with Gasteiger partial charge in [0.1, 0.15) is 0 Å². The normalized spacial score (nSPS) is 11.0. The molecule has 0 saturated heterocycles. The molecule has 0 radical (unpaired) electrons. The topological polar surface area (TPSA) is 59.8 Å². The van der Waals surface area contributed by atoms with Crippen LogP contribution in [0.4, 0.5) is 5.69 Å². The molecule has 5 aromatic rings. The third-order valence-electron chi connectivity index (χ3n) is 5.48. The summed E-state index contributed by atoms with van der Waals surface area (Å²) in [5.74, 6) is 0.253. The van der Waals surface area contributed by atoms with Crippen molar-refractivity contribution >= 4 is 34.0 Å². The molecular formula is C27H21ClN4O. The SMILES string of the molecule is Cc1ccc(-n2nc(C(=O)Nc3ccc4ccccc4c3)nc2-c2cccc(Cl)c2)c(C)c1. The standard InChI is InChI=1S/C27H21ClN4O/c1-17-10-13-24(18(2)14-17)32-26(21-8-5-9-22(28)15-21)30-25(31-32)27(33)29-23-12-11-19-6-3-4-7-20(19)16-23/h3-16H,1-2H3,(H,29,33). The van der Waals surface area contributed by atoms with Gasteiger partial charge >= 0.3 is 0 Å². The lowest BCUT2D eigenvalue weighted by Crippen LogP contribution is -2.14. The van der Waals surface area contributed by atoms with Gasteiger partial charge in [-0.15, -0.1) is 5.10 Å². The van der Waals surface area contributed by atoms with Crippen LogP contribution in [-0.4, -0.2) is 20.7 Å². The predicted molar refractivity (Wildman–Crippen MR) is 133 cm³/mol. The number of benzene rings is 4. The van der Waals surface area contributed by atoms with Crippen molar-refractivity contribution in [3.63, 3.8) is 0 Å². The molecule has 1 N–H and O–H groups in total. The fraction of sp³-hybridized carbons (Fsp3) is 0.0741. The van der Waals surface area contributed by atoms with Gasteiger partial charge in [-0.05, 0) is 60.5 Å². The van der Waals surface area contributed by atoms with Crippen molar-refractivity contribution in [1.82, 2.24) is 14.8 Å². The molecule has 5 rings (SSSR count). The molecule has 0 aliphatic heterocycles. The zero-order chi connectivity index (χ0) is 22.9. The molecule has 0 atom stereocenters. The predicted octanol–water partition coefficient (Wildman–Crippen LogP) is 6.61. The second-order valence-corrected chi connectivity index (χ2v) is 8.42. The van der Waals surface area contributed by atoms with Crippen LogP contribution in [0.3, 0.4) is 0 Å². The number of aromatic nitrogens is 3. The lowest BCUT2D eigenvalue weighted by atomic mass is 10.1. The minimum Gasteiger partial charge on any atom is -0.319 e. The molecular weight excluding hydrogens is 432 g/mol. The monoisotopic (exact) mass is 452 g/mol. The Hall–Kier alpha value is -3.96. The summed E-state index contributed by atoms with van der Waals surface area (Å²) in [6.45, 7) is 4.05. The van der Waals surface area contributed by atoms with Gasteiger partial charge in [0.15, 0.2) is 5.82 Å². The second-order valence-electron chi connectivity index (χ2n) is 7.99. The van der Waals surface area contributed by atoms with Gasteiger partial charge in [0, 0.05) is 16.3 Å². The third-order valence-corrected chi connectivity index (χ3v) is 5.72. The average molecular weight is 453 g/mol. The number of anilines is 1. The van der Waals surface area contributed by atoms with Gasteiger partial charge in [0.05, 0.1) is 5.69 Å². The minimum atomic E-state index is -0.378. The van der Waals surface area contributed by atoms with E-state index >= 15 is 0 Å². The van der Waals surface area contributed by atoms with E-state index in [-0.39, 0.29) is 11.7 Å². The number of nitrogens with zero attached hydrogens (tertiary/aromatic N) is 3. The zero-order valence-corrected chi connectivity index (χ0v) is 19.0. The maximum absolute atomic E-state index is 13.1. The van der Waals surface area contributed by atoms with Crippen LogP contribution < -0.4 is 5.32 Å². The van der Waals surface area contributed by atoms with E-state index in [0.29, 0.717) is 16.5 Å². The van der Waals surface area contributed by atoms with Crippen LogP contribution in [0.15, 0.2) is 84.9 Å². The van der Waals surface area contributed by atoms with Gasteiger partial charge in [-0.1, -0.05) is 71.8 Å². The van der Waals surface area contributed by atoms with Crippen LogP contribution in [0.5, 0.6) is 0 Å². The van der Waals surface area contributed by atoms with E-state index in [2.05, 4.69) is 21.5 Å². The Balaban J connectivity index is 1.56. The van der Waals surface area contributed by atoms with Crippen LogP contribution in [0.25, 0.3) is 27.8 Å². The number of fused-ring (bicyclic) bond motifs is 1. The molecule has 33 heavy (non-hydrogen) atoms. The number of hydrogen-bond acceptors (Lipinski definition) is 3. The van der Waals surface area contributed by atoms with Crippen LogP contribution in [0.2, 0.25) is 5.02 Å². The van der Waals surface area contributed by atoms with Gasteiger partial charge < -0.3 is 5.32 Å². The summed E-state index contributed by atoms with van der Waals surface area (Å²) in [7, 11) is 0. The molecule has 5 nitrogen and oxygen atoms in total. The van der Waals surface area contributed by atoms with Crippen LogP contribution >= 0.6 is 11.6 Å². The Labute approximate surface area is 196 Å². The molecule has 162 valence electrons. The fourth-order valence-electron chi connectivity index (χ4n) is 3.89. The Morgan fingerprint density at radius 3 is 2.48 bits per heavy atom. The Morgan fingerprint density at radius 1 is 0.879 bits per heavy atom. The van der Waals surface area contributed by atoms with Crippen molar-refractivity contribution in [2.75, 3.05) is 5.32 Å². The fourth-order valence-corrected chi connectivity index (χ4v) is 4.08. The first kappa shape index (κ1) is 20.9. The van der Waals surface area contributed by atoms with Gasteiger partial charge in [-0.3, -0.25) is 4.79 Å². The molecule has 0 unspecified atom stereocenters. The molecule has 0 aliphatic carbocycles. The summed E-state index contributed by atoms with van der Waals surface area (Å²) < 4.78 is 1.70. The molecule has 0 saturated carbocycles. The lowest BCUT2D eigenvalue weighted by molar-refractivity contribution is 0.101. The first-order valence-electron chi connectivity index (χ1n) is 10.6. The highest BCUT2D eigenvalue weighted by Gasteiger charge is 2.20. The number of hydrogen-bond donors (Lipinski definition) is 1. The minimum absolute atomic E-state index is 0.0816. The maximum Gasteiger partial charge on any atom is 0.295 e. The van der Waals surface area contributed by atoms with E-state index < -0.39 is 0 Å². The number of nitrogens with one attached hydrogen (secondary N) is 1. The number of halogens is 1. The number of aryl methyl sites for hydroxylation is 2. The van der Waals surface area contributed by atoms with E-state index in [1.807, 2.05) is 86.6 Å². The Kier molecular flexibility index (Phi) is 5.40. The zero-order valence-electron chi connectivity index (χ0n) is 18.2. The van der Waals surface area contributed by atoms with Crippen molar-refractivity contribution in [2.24, 2.45) is 0 Å². The first-order chi connectivity index (χ1) is 16.0. The summed E-state index contributed by atoms with van der Waals surface area (Å²) in [6, 6.07) is 27.2. The number of amides is 1. The van der Waals surface area contributed by atoms with Gasteiger partial charge in [0.2, 0.25) is 5.82 Å². The van der Waals surface area contributed by atoms with Crippen LogP contribution in [-0.2, 0) is 0 Å². The van der Waals surface area contributed by atoms with Crippen molar-refractivity contribution < 1.29 is 4.79 Å². The summed E-state index contributed by atoms with van der Waals surface area (Å²) in [6.07, 6.45) is 0. The molecule has 1 amide bonds. The smallest absolute Gasteiger partial charge is 0.295 e. The summed E-state index contributed by atoms with van der Waals surface area (Å²) in [5, 5.41) is 10.3. The highest BCUT2D eigenvalue weighted by Crippen LogP contribution is 2.26. The van der Waals surface area contributed by atoms with E-state index in [1.165, 1.54) is 0 Å². The highest BCUT2D eigenvalue weighted by molar-refractivity contribution is 6.30. The summed E-state index contributed by atoms with van der Waals surface area (Å²) >= 11 is 6.23. The molecule has 1 heterocycles. The van der Waals surface area contributed by atoms with Crippen LogP contribution in [0.1, 0.15) is 21.7 Å². The van der Waals surface area contributed by atoms with Gasteiger partial charge in [-0.25, -0.2) is 9.67 Å². The molecule has 4 aromatic carbocycles. The van der Waals surface area contributed by atoms with E-state index in [9.17, 15) is 4.79 Å². The molecule has 0 spiro atoms. The second kappa shape index (κ2) is 8.52. The Morgan fingerprint density at radius 2 is 1.70 bits per heavy atom. The van der Waals surface area contributed by atoms with Crippen molar-refractivity contribution in [3.05, 3.63) is 107 Å². The van der Waals surface area contributed by atoms with E-state index in [4.69, 9.17) is 11.6 Å². The maximum atomic E-state index is 13.1. The largest absolute Gasteiger partial charge is 0.319 e. The molecule has 6 heteroatoms. The average Bonchev–Trinajstić information content (AvgIpc) is 3.24. The first-order valence-corrected chi connectivity index (χ1v) is 11.0. The van der Waals surface area contributed by atoms with Crippen LogP contribution in [0, 0.1) is 13.8 Å².